The second-order valence-electron chi connectivity index (χ2n) is 5.60. The van der Waals surface area contributed by atoms with Crippen molar-refractivity contribution in [2.24, 2.45) is 0 Å². The first-order chi connectivity index (χ1) is 13.4. The Morgan fingerprint density at radius 3 is 2.50 bits per heavy atom. The van der Waals surface area contributed by atoms with E-state index in [-0.39, 0.29) is 27.0 Å². The first-order valence-electron chi connectivity index (χ1n) is 7.76. The summed E-state index contributed by atoms with van der Waals surface area (Å²) in [5.41, 5.74) is -0.935. The number of rotatable bonds is 3. The molecule has 11 heteroatoms. The van der Waals surface area contributed by atoms with E-state index in [2.05, 4.69) is 20.1 Å². The molecule has 4 aromatic rings. The highest BCUT2D eigenvalue weighted by molar-refractivity contribution is 6.37. The van der Waals surface area contributed by atoms with E-state index in [0.717, 1.165) is 10.9 Å². The van der Waals surface area contributed by atoms with E-state index < -0.39 is 11.2 Å². The maximum Gasteiger partial charge on any atom is 0.349 e. The lowest BCUT2D eigenvalue weighted by Gasteiger charge is -2.12. The normalized spacial score (nSPS) is 10.9. The maximum atomic E-state index is 11.9. The van der Waals surface area contributed by atoms with Crippen molar-refractivity contribution in [2.45, 2.75) is 0 Å². The van der Waals surface area contributed by atoms with Gasteiger partial charge in [0.2, 0.25) is 0 Å². The van der Waals surface area contributed by atoms with Crippen molar-refractivity contribution in [3.8, 4) is 17.2 Å². The van der Waals surface area contributed by atoms with Crippen LogP contribution in [0.4, 0.5) is 0 Å². The molecule has 2 heterocycles. The summed E-state index contributed by atoms with van der Waals surface area (Å²) in [6.45, 7) is 0. The van der Waals surface area contributed by atoms with Crippen LogP contribution in [0.5, 0.6) is 11.5 Å². The van der Waals surface area contributed by atoms with E-state index in [9.17, 15) is 14.4 Å². The fourth-order valence-corrected chi connectivity index (χ4v) is 3.09. The van der Waals surface area contributed by atoms with Crippen molar-refractivity contribution in [2.75, 3.05) is 0 Å². The molecular weight excluding hydrogens is 409 g/mol. The van der Waals surface area contributed by atoms with E-state index in [1.54, 1.807) is 12.1 Å². The van der Waals surface area contributed by atoms with Gasteiger partial charge >= 0.3 is 5.69 Å². The Morgan fingerprint density at radius 2 is 1.79 bits per heavy atom. The molecule has 28 heavy (non-hydrogen) atoms. The Kier molecular flexibility index (Phi) is 4.46. The van der Waals surface area contributed by atoms with Gasteiger partial charge in [0, 0.05) is 0 Å². The van der Waals surface area contributed by atoms with Crippen LogP contribution in [0.3, 0.4) is 0 Å². The molecule has 0 unspecified atom stereocenters. The molecule has 0 radical (unpaired) electrons. The number of fused-ring (bicyclic) bond motifs is 1. The van der Waals surface area contributed by atoms with Gasteiger partial charge in [0.25, 0.3) is 11.1 Å². The van der Waals surface area contributed by atoms with Crippen LogP contribution in [-0.2, 0) is 0 Å². The van der Waals surface area contributed by atoms with Crippen LogP contribution in [0.2, 0.25) is 10.0 Å². The molecule has 2 N–H and O–H groups in total. The third kappa shape index (κ3) is 3.28. The fraction of sp³-hybridized carbons (Fsp3) is 0. The number of H-pyrrole nitrogens is 2. The zero-order valence-electron chi connectivity index (χ0n) is 13.8. The van der Waals surface area contributed by atoms with Gasteiger partial charge in [0.15, 0.2) is 5.75 Å². The molecule has 0 aliphatic rings. The van der Waals surface area contributed by atoms with Crippen molar-refractivity contribution >= 4 is 34.1 Å². The smallest absolute Gasteiger partial charge is 0.349 e. The quantitative estimate of drug-likeness (QED) is 0.526. The van der Waals surface area contributed by atoms with E-state index in [1.807, 2.05) is 0 Å². The summed E-state index contributed by atoms with van der Waals surface area (Å²) in [7, 11) is 0. The number of hydrogen-bond donors (Lipinski definition) is 2. The van der Waals surface area contributed by atoms with Gasteiger partial charge in [-0.15, -0.1) is 0 Å². The number of benzene rings is 2. The summed E-state index contributed by atoms with van der Waals surface area (Å²) in [4.78, 5) is 43.6. The van der Waals surface area contributed by atoms with Crippen LogP contribution < -0.4 is 21.5 Å². The molecule has 0 saturated heterocycles. The third-order valence-electron chi connectivity index (χ3n) is 3.77. The molecule has 0 atom stereocenters. The number of aromatic amines is 2. The predicted molar refractivity (Wildman–Crippen MR) is 103 cm³/mol. The summed E-state index contributed by atoms with van der Waals surface area (Å²) in [6, 6.07) is 7.56. The van der Waals surface area contributed by atoms with Crippen LogP contribution >= 0.6 is 23.2 Å². The SMILES string of the molecule is O=c1cnn(-c2cc(Cl)c(Oc3ccc4nc[nH]c(=O)c4c3)c(Cl)c2)c(=O)[nH]1. The van der Waals surface area contributed by atoms with Crippen molar-refractivity contribution in [1.82, 2.24) is 24.7 Å². The molecular formula is C17H9Cl2N5O4. The molecule has 2 aromatic heterocycles. The van der Waals surface area contributed by atoms with Crippen LogP contribution in [0, 0.1) is 0 Å². The lowest BCUT2D eigenvalue weighted by atomic mass is 10.2. The molecule has 0 bridgehead atoms. The molecule has 0 fully saturated rings. The highest BCUT2D eigenvalue weighted by atomic mass is 35.5. The second-order valence-corrected chi connectivity index (χ2v) is 6.42. The van der Waals surface area contributed by atoms with E-state index in [4.69, 9.17) is 27.9 Å². The van der Waals surface area contributed by atoms with Gasteiger partial charge in [-0.25, -0.2) is 9.78 Å². The number of hydrogen-bond acceptors (Lipinski definition) is 6. The van der Waals surface area contributed by atoms with Gasteiger partial charge < -0.3 is 9.72 Å². The Balaban J connectivity index is 1.75. The number of nitrogens with one attached hydrogen (secondary N) is 2. The minimum Gasteiger partial charge on any atom is -0.454 e. The number of halogens is 2. The molecule has 0 aliphatic heterocycles. The minimum atomic E-state index is -0.741. The Morgan fingerprint density at radius 1 is 1.04 bits per heavy atom. The molecule has 9 nitrogen and oxygen atoms in total. The standard InChI is InChI=1S/C17H9Cl2N5O4/c18-11-3-8(24-17(27)23-14(25)6-22-24)4-12(19)15(11)28-9-1-2-13-10(5-9)16(26)21-7-20-13/h1-7H,(H,20,21,26)(H,23,25,27). The molecule has 140 valence electrons. The topological polar surface area (TPSA) is 123 Å². The summed E-state index contributed by atoms with van der Waals surface area (Å²) >= 11 is 12.5. The summed E-state index contributed by atoms with van der Waals surface area (Å²) < 4.78 is 6.67. The first-order valence-corrected chi connectivity index (χ1v) is 8.51. The monoisotopic (exact) mass is 417 g/mol. The van der Waals surface area contributed by atoms with E-state index >= 15 is 0 Å². The first kappa shape index (κ1) is 18.0. The number of ether oxygens (including phenoxy) is 1. The van der Waals surface area contributed by atoms with Gasteiger partial charge in [0.05, 0.1) is 33.0 Å². The summed E-state index contributed by atoms with van der Waals surface area (Å²) in [5, 5.41) is 4.28. The third-order valence-corrected chi connectivity index (χ3v) is 4.33. The average molecular weight is 418 g/mol. The molecule has 4 rings (SSSR count). The summed E-state index contributed by atoms with van der Waals surface area (Å²) in [6.07, 6.45) is 2.26. The summed E-state index contributed by atoms with van der Waals surface area (Å²) in [5.74, 6) is 0.450. The van der Waals surface area contributed by atoms with Crippen LogP contribution in [0.15, 0.2) is 57.2 Å². The van der Waals surface area contributed by atoms with Gasteiger partial charge in [-0.1, -0.05) is 23.2 Å². The van der Waals surface area contributed by atoms with Crippen LogP contribution in [0.1, 0.15) is 0 Å². The molecule has 0 aliphatic carbocycles. The number of nitrogens with zero attached hydrogens (tertiary/aromatic N) is 3. The Hall–Kier alpha value is -3.43. The van der Waals surface area contributed by atoms with E-state index in [0.29, 0.717) is 16.7 Å². The van der Waals surface area contributed by atoms with Gasteiger partial charge in [-0.05, 0) is 30.3 Å². The zero-order chi connectivity index (χ0) is 19.8. The Bertz CT molecular complexity index is 1370. The molecule has 0 saturated carbocycles. The van der Waals surface area contributed by atoms with Crippen molar-refractivity contribution in [3.05, 3.63) is 84.1 Å². The predicted octanol–water partition coefficient (Wildman–Crippen LogP) is 2.26. The van der Waals surface area contributed by atoms with Crippen molar-refractivity contribution < 1.29 is 4.74 Å². The molecule has 0 spiro atoms. The molecule has 2 aromatic carbocycles. The largest absolute Gasteiger partial charge is 0.454 e. The lowest BCUT2D eigenvalue weighted by molar-refractivity contribution is 0.483. The van der Waals surface area contributed by atoms with Crippen LogP contribution in [0.25, 0.3) is 16.6 Å². The van der Waals surface area contributed by atoms with Crippen LogP contribution in [-0.4, -0.2) is 24.7 Å². The van der Waals surface area contributed by atoms with Gasteiger partial charge in [-0.3, -0.25) is 14.6 Å². The zero-order valence-corrected chi connectivity index (χ0v) is 15.3. The number of aromatic nitrogens is 5. The van der Waals surface area contributed by atoms with Gasteiger partial charge in [0.1, 0.15) is 11.9 Å². The fourth-order valence-electron chi connectivity index (χ4n) is 2.53. The molecule has 0 amide bonds. The average Bonchev–Trinajstić information content (AvgIpc) is 2.65. The van der Waals surface area contributed by atoms with Gasteiger partial charge in [-0.2, -0.15) is 9.78 Å². The minimum absolute atomic E-state index is 0.0996. The highest BCUT2D eigenvalue weighted by Crippen LogP contribution is 2.38. The van der Waals surface area contributed by atoms with Crippen molar-refractivity contribution in [3.63, 3.8) is 0 Å². The van der Waals surface area contributed by atoms with Crippen molar-refractivity contribution in [1.29, 1.82) is 0 Å². The second kappa shape index (κ2) is 6.95. The maximum absolute atomic E-state index is 11.9. The lowest BCUT2D eigenvalue weighted by Crippen LogP contribution is -2.30. The highest BCUT2D eigenvalue weighted by Gasteiger charge is 2.14. The van der Waals surface area contributed by atoms with E-state index in [1.165, 1.54) is 24.5 Å². The Labute approximate surface area is 165 Å².